The largest absolute Gasteiger partial charge is 0.497 e. The molecule has 6 rings (SSSR count). The van der Waals surface area contributed by atoms with Crippen LogP contribution in [0.3, 0.4) is 0 Å². The van der Waals surface area contributed by atoms with E-state index in [1.54, 1.807) is 19.2 Å². The van der Waals surface area contributed by atoms with Gasteiger partial charge in [0.2, 0.25) is 0 Å². The Kier molecular flexibility index (Phi) is 7.76. The van der Waals surface area contributed by atoms with Crippen molar-refractivity contribution in [1.82, 2.24) is 13.6 Å². The molecule has 1 amide bonds. The number of fused-ring (bicyclic) bond motifs is 7. The number of nitrogens with two attached hydrogens (primary N) is 1. The number of rotatable bonds is 10. The first-order chi connectivity index (χ1) is 20.6. The van der Waals surface area contributed by atoms with E-state index in [0.29, 0.717) is 37.5 Å². The maximum absolute atomic E-state index is 13.3. The molecule has 2 atom stereocenters. The van der Waals surface area contributed by atoms with E-state index in [-0.39, 0.29) is 24.6 Å². The SMILES string of the molecule is COc1ccc2c(c1)C1CC1(C(=O)O)Cn1c-2c(C2CCCCC2)c2ccc(C(=O)NS(=O)(=O)N(C)CCCCN)cc21. The van der Waals surface area contributed by atoms with E-state index in [0.717, 1.165) is 57.7 Å². The zero-order valence-electron chi connectivity index (χ0n) is 24.8. The Hall–Kier alpha value is -3.41. The number of carbonyl (C=O) groups is 2. The second kappa shape index (κ2) is 11.3. The number of hydrogen-bond donors (Lipinski definition) is 3. The summed E-state index contributed by atoms with van der Waals surface area (Å²) < 4.78 is 36.8. The van der Waals surface area contributed by atoms with Crippen LogP contribution < -0.4 is 15.2 Å². The van der Waals surface area contributed by atoms with Crippen molar-refractivity contribution >= 4 is 33.0 Å². The van der Waals surface area contributed by atoms with Crippen molar-refractivity contribution in [3.8, 4) is 17.0 Å². The van der Waals surface area contributed by atoms with Gasteiger partial charge in [0.1, 0.15) is 5.75 Å². The molecule has 10 nitrogen and oxygen atoms in total. The fraction of sp³-hybridized carbons (Fsp3) is 0.500. The molecule has 3 aromatic rings. The molecule has 43 heavy (non-hydrogen) atoms. The molecule has 230 valence electrons. The van der Waals surface area contributed by atoms with Gasteiger partial charge in [-0.1, -0.05) is 25.3 Å². The number of nitrogens with zero attached hydrogens (tertiary/aromatic N) is 2. The topological polar surface area (TPSA) is 144 Å². The lowest BCUT2D eigenvalue weighted by molar-refractivity contribution is -0.144. The first-order valence-corrected chi connectivity index (χ1v) is 16.6. The fourth-order valence-corrected chi connectivity index (χ4v) is 8.15. The minimum Gasteiger partial charge on any atom is -0.497 e. The summed E-state index contributed by atoms with van der Waals surface area (Å²) in [5.74, 6) is -0.700. The molecule has 0 radical (unpaired) electrons. The molecule has 2 fully saturated rings. The van der Waals surface area contributed by atoms with Crippen molar-refractivity contribution in [3.63, 3.8) is 0 Å². The summed E-state index contributed by atoms with van der Waals surface area (Å²) >= 11 is 0. The van der Waals surface area contributed by atoms with Gasteiger partial charge in [0.15, 0.2) is 0 Å². The number of unbranched alkanes of at least 4 members (excludes halogenated alkanes) is 1. The van der Waals surface area contributed by atoms with Crippen molar-refractivity contribution in [1.29, 1.82) is 0 Å². The van der Waals surface area contributed by atoms with Gasteiger partial charge in [-0.2, -0.15) is 12.7 Å². The van der Waals surface area contributed by atoms with Gasteiger partial charge in [-0.15, -0.1) is 0 Å². The van der Waals surface area contributed by atoms with Crippen LogP contribution in [0, 0.1) is 5.41 Å². The molecule has 0 bridgehead atoms. The highest BCUT2D eigenvalue weighted by Gasteiger charge is 2.63. The molecule has 1 aromatic heterocycles. The molecule has 2 aromatic carbocycles. The normalized spacial score (nSPS) is 21.5. The van der Waals surface area contributed by atoms with E-state index in [9.17, 15) is 23.1 Å². The molecular weight excluding hydrogens is 568 g/mol. The van der Waals surface area contributed by atoms with Gasteiger partial charge in [0, 0.05) is 48.1 Å². The highest BCUT2D eigenvalue weighted by molar-refractivity contribution is 7.87. The van der Waals surface area contributed by atoms with E-state index in [1.807, 2.05) is 24.3 Å². The van der Waals surface area contributed by atoms with E-state index < -0.39 is 27.5 Å². The first kappa shape index (κ1) is 29.7. The molecule has 2 saturated carbocycles. The van der Waals surface area contributed by atoms with Gasteiger partial charge in [-0.3, -0.25) is 9.59 Å². The number of carboxylic acids is 1. The number of aliphatic carboxylic acids is 1. The van der Waals surface area contributed by atoms with Crippen LogP contribution >= 0.6 is 0 Å². The maximum atomic E-state index is 13.3. The highest BCUT2D eigenvalue weighted by Crippen LogP contribution is 2.65. The van der Waals surface area contributed by atoms with Crippen LogP contribution in [0.25, 0.3) is 22.2 Å². The summed E-state index contributed by atoms with van der Waals surface area (Å²) in [6.07, 6.45) is 7.34. The number of aromatic nitrogens is 1. The predicted molar refractivity (Wildman–Crippen MR) is 164 cm³/mol. The summed E-state index contributed by atoms with van der Waals surface area (Å²) in [4.78, 5) is 26.1. The molecule has 3 aliphatic rings. The average molecular weight is 609 g/mol. The minimum atomic E-state index is -4.05. The lowest BCUT2D eigenvalue weighted by Gasteiger charge is -2.24. The quantitative estimate of drug-likeness (QED) is 0.286. The van der Waals surface area contributed by atoms with Gasteiger partial charge in [0.05, 0.1) is 18.2 Å². The fourth-order valence-electron chi connectivity index (χ4n) is 7.28. The third-order valence-corrected chi connectivity index (χ3v) is 11.2. The zero-order chi connectivity index (χ0) is 30.5. The van der Waals surface area contributed by atoms with Gasteiger partial charge in [0.25, 0.3) is 5.91 Å². The number of ether oxygens (including phenoxy) is 1. The Morgan fingerprint density at radius 2 is 1.91 bits per heavy atom. The number of amides is 1. The molecule has 2 aliphatic carbocycles. The smallest absolute Gasteiger partial charge is 0.312 e. The molecule has 1 aliphatic heterocycles. The third kappa shape index (κ3) is 5.11. The Morgan fingerprint density at radius 1 is 1.14 bits per heavy atom. The Balaban J connectivity index is 1.49. The summed E-state index contributed by atoms with van der Waals surface area (Å²) in [5.41, 5.74) is 9.74. The van der Waals surface area contributed by atoms with E-state index >= 15 is 0 Å². The Morgan fingerprint density at radius 3 is 2.60 bits per heavy atom. The maximum Gasteiger partial charge on any atom is 0.312 e. The summed E-state index contributed by atoms with van der Waals surface area (Å²) in [6.45, 7) is 0.987. The van der Waals surface area contributed by atoms with E-state index in [2.05, 4.69) is 9.29 Å². The van der Waals surface area contributed by atoms with E-state index in [4.69, 9.17) is 10.5 Å². The van der Waals surface area contributed by atoms with Gasteiger partial charge >= 0.3 is 16.2 Å². The standard InChI is InChI=1S/C32H40N4O6S/c1-35(15-7-6-14-33)43(40,41)34-30(37)21-10-12-24-27(16-21)36-19-32(31(38)39)18-26(32)25-17-22(42-2)11-13-23(25)29(36)28(24)20-8-4-3-5-9-20/h10-13,16-17,20,26H,3-9,14-15,18-19,33H2,1-2H3,(H,34,37)(H,38,39). The first-order valence-electron chi connectivity index (χ1n) is 15.2. The number of hydrogen-bond acceptors (Lipinski definition) is 6. The van der Waals surface area contributed by atoms with Crippen LogP contribution in [0.5, 0.6) is 5.75 Å². The Labute approximate surface area is 252 Å². The second-order valence-electron chi connectivity index (χ2n) is 12.3. The van der Waals surface area contributed by atoms with Crippen LogP contribution in [0.1, 0.15) is 84.7 Å². The number of methoxy groups -OCH3 is 1. The predicted octanol–water partition coefficient (Wildman–Crippen LogP) is 4.58. The van der Waals surface area contributed by atoms with Crippen molar-refractivity contribution in [2.24, 2.45) is 11.1 Å². The molecule has 2 unspecified atom stereocenters. The molecule has 0 saturated heterocycles. The minimum absolute atomic E-state index is 0.143. The summed E-state index contributed by atoms with van der Waals surface area (Å²) in [5, 5.41) is 11.5. The molecule has 0 spiro atoms. The molecule has 4 N–H and O–H groups in total. The van der Waals surface area contributed by atoms with Crippen LogP contribution in [0.4, 0.5) is 0 Å². The van der Waals surface area contributed by atoms with Crippen LogP contribution in [-0.2, 0) is 21.5 Å². The van der Waals surface area contributed by atoms with Crippen molar-refractivity contribution in [3.05, 3.63) is 53.1 Å². The second-order valence-corrected chi connectivity index (χ2v) is 14.1. The van der Waals surface area contributed by atoms with Gasteiger partial charge in [-0.05, 0) is 86.0 Å². The number of carbonyl (C=O) groups excluding carboxylic acids is 1. The summed E-state index contributed by atoms with van der Waals surface area (Å²) in [6, 6.07) is 11.3. The number of carboxylic acid groups (broad SMARTS) is 1. The average Bonchev–Trinajstić information content (AvgIpc) is 3.68. The lowest BCUT2D eigenvalue weighted by Crippen LogP contribution is -2.41. The van der Waals surface area contributed by atoms with Crippen LogP contribution in [-0.4, -0.2) is 61.5 Å². The Bertz CT molecular complexity index is 1690. The number of benzene rings is 2. The van der Waals surface area contributed by atoms with Gasteiger partial charge in [-0.25, -0.2) is 4.72 Å². The molecule has 2 heterocycles. The molecular formula is C32H40N4O6S. The third-order valence-electron chi connectivity index (χ3n) is 9.77. The van der Waals surface area contributed by atoms with Crippen LogP contribution in [0.2, 0.25) is 0 Å². The zero-order valence-corrected chi connectivity index (χ0v) is 25.6. The van der Waals surface area contributed by atoms with Crippen LogP contribution in [0.15, 0.2) is 36.4 Å². The van der Waals surface area contributed by atoms with E-state index in [1.165, 1.54) is 19.0 Å². The monoisotopic (exact) mass is 608 g/mol. The highest BCUT2D eigenvalue weighted by atomic mass is 32.2. The van der Waals surface area contributed by atoms with Crippen molar-refractivity contribution in [2.75, 3.05) is 27.2 Å². The van der Waals surface area contributed by atoms with Crippen molar-refractivity contribution in [2.45, 2.75) is 69.7 Å². The van der Waals surface area contributed by atoms with Gasteiger partial charge < -0.3 is 20.1 Å². The lowest BCUT2D eigenvalue weighted by atomic mass is 9.81. The van der Waals surface area contributed by atoms with Crippen molar-refractivity contribution < 1.29 is 27.9 Å². The number of nitrogens with one attached hydrogen (secondary N) is 1. The molecule has 11 heteroatoms. The summed E-state index contributed by atoms with van der Waals surface area (Å²) in [7, 11) is -1.00.